The molecule has 1 aromatic rings. The second-order valence-electron chi connectivity index (χ2n) is 5.08. The first-order valence-corrected chi connectivity index (χ1v) is 6.33. The summed E-state index contributed by atoms with van der Waals surface area (Å²) in [6.45, 7) is 2.24. The Morgan fingerprint density at radius 3 is 2.35 bits per heavy atom. The Hall–Kier alpha value is -1.15. The molecule has 0 aliphatic heterocycles. The molecule has 0 amide bonds. The fraction of sp³-hybridized carbons (Fsp3) is 0.533. The van der Waals surface area contributed by atoms with Crippen molar-refractivity contribution >= 4 is 5.78 Å². The molecule has 1 aromatic carbocycles. The number of Topliss-reactive ketones (excluding diaryl/α,β-unsaturated/α-hetero) is 1. The van der Waals surface area contributed by atoms with Crippen LogP contribution in [0.5, 0.6) is 0 Å². The van der Waals surface area contributed by atoms with Crippen LogP contribution in [0.25, 0.3) is 0 Å². The van der Waals surface area contributed by atoms with Gasteiger partial charge in [0.1, 0.15) is 5.60 Å². The van der Waals surface area contributed by atoms with E-state index in [2.05, 4.69) is 6.92 Å². The normalized spacial score (nSPS) is 28.9. The van der Waals surface area contributed by atoms with E-state index in [1.54, 1.807) is 7.11 Å². The lowest BCUT2D eigenvalue weighted by Gasteiger charge is -2.36. The van der Waals surface area contributed by atoms with Gasteiger partial charge in [-0.2, -0.15) is 0 Å². The van der Waals surface area contributed by atoms with Crippen molar-refractivity contribution in [1.82, 2.24) is 0 Å². The number of carbonyl (C=O) groups is 1. The molecule has 0 bridgehead atoms. The van der Waals surface area contributed by atoms with Gasteiger partial charge >= 0.3 is 0 Å². The molecule has 17 heavy (non-hydrogen) atoms. The standard InChI is InChI=1S/C15H20O2/c1-12-8-10-15(17-2,11-9-12)14(16)13-6-4-3-5-7-13/h3-7,12H,8-11H2,1-2H3. The third-order valence-corrected chi connectivity index (χ3v) is 3.92. The number of carbonyl (C=O) groups excluding carboxylic acids is 1. The topological polar surface area (TPSA) is 26.3 Å². The number of ether oxygens (including phenoxy) is 1. The number of hydrogen-bond donors (Lipinski definition) is 0. The first kappa shape index (κ1) is 12.3. The molecule has 0 heterocycles. The number of benzene rings is 1. The molecule has 1 aliphatic rings. The summed E-state index contributed by atoms with van der Waals surface area (Å²) >= 11 is 0. The van der Waals surface area contributed by atoms with Gasteiger partial charge in [-0.1, -0.05) is 37.3 Å². The zero-order valence-corrected chi connectivity index (χ0v) is 10.6. The Balaban J connectivity index is 2.21. The third kappa shape index (κ3) is 2.42. The second kappa shape index (κ2) is 5.01. The first-order valence-electron chi connectivity index (χ1n) is 6.33. The molecule has 2 rings (SSSR count). The van der Waals surface area contributed by atoms with Gasteiger partial charge in [0.05, 0.1) is 0 Å². The van der Waals surface area contributed by atoms with Gasteiger partial charge in [-0.15, -0.1) is 0 Å². The van der Waals surface area contributed by atoms with Gasteiger partial charge in [-0.3, -0.25) is 4.79 Å². The molecule has 1 saturated carbocycles. The van der Waals surface area contributed by atoms with Crippen LogP contribution in [0, 0.1) is 5.92 Å². The van der Waals surface area contributed by atoms with Crippen molar-refractivity contribution in [3.05, 3.63) is 35.9 Å². The van der Waals surface area contributed by atoms with E-state index in [1.165, 1.54) is 0 Å². The average Bonchev–Trinajstić information content (AvgIpc) is 2.40. The van der Waals surface area contributed by atoms with E-state index in [1.807, 2.05) is 30.3 Å². The Kier molecular flexibility index (Phi) is 3.63. The molecule has 0 aromatic heterocycles. The van der Waals surface area contributed by atoms with E-state index in [-0.39, 0.29) is 5.78 Å². The van der Waals surface area contributed by atoms with Gasteiger partial charge in [0.2, 0.25) is 0 Å². The van der Waals surface area contributed by atoms with Gasteiger partial charge in [-0.25, -0.2) is 0 Å². The molecule has 0 radical (unpaired) electrons. The maximum absolute atomic E-state index is 12.5. The number of rotatable bonds is 3. The largest absolute Gasteiger partial charge is 0.370 e. The summed E-state index contributed by atoms with van der Waals surface area (Å²) in [6.07, 6.45) is 3.84. The zero-order valence-electron chi connectivity index (χ0n) is 10.6. The van der Waals surface area contributed by atoms with Crippen LogP contribution in [0.2, 0.25) is 0 Å². The summed E-state index contributed by atoms with van der Waals surface area (Å²) in [5.74, 6) is 0.856. The van der Waals surface area contributed by atoms with Crippen LogP contribution in [0.1, 0.15) is 43.0 Å². The summed E-state index contributed by atoms with van der Waals surface area (Å²) in [7, 11) is 1.66. The van der Waals surface area contributed by atoms with Gasteiger partial charge in [0.15, 0.2) is 5.78 Å². The van der Waals surface area contributed by atoms with Crippen LogP contribution < -0.4 is 0 Å². The second-order valence-corrected chi connectivity index (χ2v) is 5.08. The quantitative estimate of drug-likeness (QED) is 0.746. The fourth-order valence-corrected chi connectivity index (χ4v) is 2.60. The molecule has 1 aliphatic carbocycles. The van der Waals surface area contributed by atoms with E-state index in [0.717, 1.165) is 31.2 Å². The fourth-order valence-electron chi connectivity index (χ4n) is 2.60. The first-order chi connectivity index (χ1) is 8.18. The van der Waals surface area contributed by atoms with Crippen LogP contribution >= 0.6 is 0 Å². The van der Waals surface area contributed by atoms with Crippen molar-refractivity contribution in [3.8, 4) is 0 Å². The van der Waals surface area contributed by atoms with Gasteiger partial charge in [0.25, 0.3) is 0 Å². The van der Waals surface area contributed by atoms with E-state index in [0.29, 0.717) is 5.92 Å². The van der Waals surface area contributed by atoms with E-state index >= 15 is 0 Å². The maximum Gasteiger partial charge on any atom is 0.194 e. The Morgan fingerprint density at radius 1 is 1.24 bits per heavy atom. The lowest BCUT2D eigenvalue weighted by molar-refractivity contribution is -0.0263. The van der Waals surface area contributed by atoms with Crippen LogP contribution in [0.3, 0.4) is 0 Å². The molecule has 0 atom stereocenters. The van der Waals surface area contributed by atoms with Crippen molar-refractivity contribution in [2.45, 2.75) is 38.2 Å². The van der Waals surface area contributed by atoms with Crippen LogP contribution in [0.4, 0.5) is 0 Å². The third-order valence-electron chi connectivity index (χ3n) is 3.92. The van der Waals surface area contributed by atoms with Gasteiger partial charge < -0.3 is 4.74 Å². The molecular weight excluding hydrogens is 212 g/mol. The van der Waals surface area contributed by atoms with E-state index in [4.69, 9.17) is 4.74 Å². The average molecular weight is 232 g/mol. The summed E-state index contributed by atoms with van der Waals surface area (Å²) in [5, 5.41) is 0. The minimum atomic E-state index is -0.576. The van der Waals surface area contributed by atoms with Crippen molar-refractivity contribution < 1.29 is 9.53 Å². The number of ketones is 1. The maximum atomic E-state index is 12.5. The summed E-state index contributed by atoms with van der Waals surface area (Å²) < 4.78 is 5.59. The molecule has 0 N–H and O–H groups in total. The molecule has 0 unspecified atom stereocenters. The highest BCUT2D eigenvalue weighted by atomic mass is 16.5. The Labute approximate surface area is 103 Å². The highest BCUT2D eigenvalue weighted by molar-refractivity contribution is 6.02. The van der Waals surface area contributed by atoms with Crippen molar-refractivity contribution in [2.24, 2.45) is 5.92 Å². The van der Waals surface area contributed by atoms with E-state index < -0.39 is 5.60 Å². The van der Waals surface area contributed by atoms with Crippen molar-refractivity contribution in [3.63, 3.8) is 0 Å². The predicted octanol–water partition coefficient (Wildman–Crippen LogP) is 3.46. The lowest BCUT2D eigenvalue weighted by Crippen LogP contribution is -2.43. The molecule has 2 nitrogen and oxygen atoms in total. The van der Waals surface area contributed by atoms with E-state index in [9.17, 15) is 4.79 Å². The highest BCUT2D eigenvalue weighted by Gasteiger charge is 2.41. The molecule has 2 heteroatoms. The number of hydrogen-bond acceptors (Lipinski definition) is 2. The van der Waals surface area contributed by atoms with Crippen molar-refractivity contribution in [1.29, 1.82) is 0 Å². The predicted molar refractivity (Wildman–Crippen MR) is 68.1 cm³/mol. The molecule has 0 saturated heterocycles. The van der Waals surface area contributed by atoms with Crippen molar-refractivity contribution in [2.75, 3.05) is 7.11 Å². The smallest absolute Gasteiger partial charge is 0.194 e. The van der Waals surface area contributed by atoms with Crippen LogP contribution in [-0.2, 0) is 4.74 Å². The van der Waals surface area contributed by atoms with Gasteiger partial charge in [-0.05, 0) is 31.6 Å². The van der Waals surface area contributed by atoms with Crippen LogP contribution in [-0.4, -0.2) is 18.5 Å². The SMILES string of the molecule is COC1(C(=O)c2ccccc2)CCC(C)CC1. The molecular formula is C15H20O2. The Morgan fingerprint density at radius 2 is 1.82 bits per heavy atom. The molecule has 1 fully saturated rings. The minimum absolute atomic E-state index is 0.146. The monoisotopic (exact) mass is 232 g/mol. The summed E-state index contributed by atoms with van der Waals surface area (Å²) in [5.41, 5.74) is 0.192. The Bertz CT molecular complexity index is 375. The lowest BCUT2D eigenvalue weighted by atomic mass is 9.75. The summed E-state index contributed by atoms with van der Waals surface area (Å²) in [6, 6.07) is 9.49. The van der Waals surface area contributed by atoms with Gasteiger partial charge in [0, 0.05) is 12.7 Å². The number of methoxy groups -OCH3 is 1. The molecule has 0 spiro atoms. The summed E-state index contributed by atoms with van der Waals surface area (Å²) in [4.78, 5) is 12.5. The van der Waals surface area contributed by atoms with Crippen LogP contribution in [0.15, 0.2) is 30.3 Å². The molecule has 92 valence electrons. The minimum Gasteiger partial charge on any atom is -0.370 e. The highest BCUT2D eigenvalue weighted by Crippen LogP contribution is 2.36. The zero-order chi connectivity index (χ0) is 12.3.